The lowest BCUT2D eigenvalue weighted by atomic mass is 10.1. The molecule has 0 amide bonds. The zero-order valence-electron chi connectivity index (χ0n) is 18.2. The largest absolute Gasteiger partial charge is 0.417 e. The predicted octanol–water partition coefficient (Wildman–Crippen LogP) is 5.74. The van der Waals surface area contributed by atoms with Gasteiger partial charge in [-0.25, -0.2) is 8.37 Å². The Morgan fingerprint density at radius 2 is 1.00 bits per heavy atom. The number of benzene rings is 2. The Bertz CT molecular complexity index is 1370. The molecule has 2 aromatic carbocycles. The first kappa shape index (κ1) is 29.9. The van der Waals surface area contributed by atoms with Crippen LogP contribution in [-0.2, 0) is 47.1 Å². The van der Waals surface area contributed by atoms with Gasteiger partial charge in [-0.2, -0.15) is 56.3 Å². The molecule has 0 heterocycles. The van der Waals surface area contributed by atoms with Crippen molar-refractivity contribution in [3.63, 3.8) is 0 Å². The molecule has 0 radical (unpaired) electrons. The first-order valence-electron chi connectivity index (χ1n) is 9.25. The van der Waals surface area contributed by atoms with Crippen molar-refractivity contribution in [2.45, 2.75) is 49.1 Å². The Morgan fingerprint density at radius 1 is 0.611 bits per heavy atom. The summed E-state index contributed by atoms with van der Waals surface area (Å²) in [5.74, 6) is 0. The van der Waals surface area contributed by atoms with Crippen molar-refractivity contribution in [3.05, 3.63) is 57.6 Å². The lowest BCUT2D eigenvalue weighted by molar-refractivity contribution is -0.145. The lowest BCUT2D eigenvalue weighted by Gasteiger charge is -2.19. The van der Waals surface area contributed by atoms with Gasteiger partial charge in [0.15, 0.2) is 6.79 Å². The topological polar surface area (TPSA) is 86.7 Å². The highest BCUT2D eigenvalue weighted by atomic mass is 32.2. The third kappa shape index (κ3) is 6.49. The second-order valence-corrected chi connectivity index (χ2v) is 10.5. The molecular weight excluding hydrogens is 559 g/mol. The maximum absolute atomic E-state index is 13.4. The average Bonchev–Trinajstić information content (AvgIpc) is 2.63. The normalized spacial score (nSPS) is 13.8. The lowest BCUT2D eigenvalue weighted by Crippen LogP contribution is -2.22. The van der Waals surface area contributed by atoms with Gasteiger partial charge >= 0.3 is 18.5 Å². The maximum Gasteiger partial charge on any atom is 0.417 e. The fourth-order valence-electron chi connectivity index (χ4n) is 3.24. The minimum Gasteiger partial charge on any atom is -0.236 e. The molecule has 0 aliphatic heterocycles. The molecule has 0 unspecified atom stereocenters. The van der Waals surface area contributed by atoms with Crippen molar-refractivity contribution in [2.24, 2.45) is 0 Å². The van der Waals surface area contributed by atoms with Crippen LogP contribution in [0.5, 0.6) is 0 Å². The number of hydrogen-bond acceptors (Lipinski definition) is 6. The van der Waals surface area contributed by atoms with Crippen LogP contribution < -0.4 is 0 Å². The van der Waals surface area contributed by atoms with Crippen molar-refractivity contribution in [1.82, 2.24) is 0 Å². The highest BCUT2D eigenvalue weighted by Crippen LogP contribution is 2.41. The van der Waals surface area contributed by atoms with E-state index in [9.17, 15) is 56.3 Å². The summed E-state index contributed by atoms with van der Waals surface area (Å²) in [5.41, 5.74) is -7.20. The summed E-state index contributed by atoms with van der Waals surface area (Å²) in [6.07, 6.45) is -16.1. The van der Waals surface area contributed by atoms with Crippen LogP contribution in [0, 0.1) is 20.8 Å². The van der Waals surface area contributed by atoms with Crippen LogP contribution in [0.2, 0.25) is 0 Å². The monoisotopic (exact) mass is 574 g/mol. The Hall–Kier alpha value is -2.37. The summed E-state index contributed by atoms with van der Waals surface area (Å²) >= 11 is 0. The molecule has 2 rings (SSSR count). The molecule has 0 saturated carbocycles. The molecule has 0 aliphatic carbocycles. The molecule has 2 aromatic rings. The molecule has 0 atom stereocenters. The van der Waals surface area contributed by atoms with Crippen LogP contribution in [-0.4, -0.2) is 23.6 Å². The smallest absolute Gasteiger partial charge is 0.236 e. The van der Waals surface area contributed by atoms with Crippen molar-refractivity contribution >= 4 is 20.2 Å². The number of hydrogen-bond donors (Lipinski definition) is 0. The van der Waals surface area contributed by atoms with Gasteiger partial charge in [-0.1, -0.05) is 11.6 Å². The van der Waals surface area contributed by atoms with Crippen LogP contribution >= 0.6 is 0 Å². The van der Waals surface area contributed by atoms with Crippen LogP contribution in [0.15, 0.2) is 34.1 Å². The van der Waals surface area contributed by atoms with Crippen LogP contribution in [0.25, 0.3) is 0 Å². The van der Waals surface area contributed by atoms with E-state index in [1.54, 1.807) is 0 Å². The van der Waals surface area contributed by atoms with E-state index >= 15 is 0 Å². The van der Waals surface area contributed by atoms with E-state index < -0.39 is 89.2 Å². The van der Waals surface area contributed by atoms with E-state index in [1.165, 1.54) is 6.92 Å². The zero-order valence-corrected chi connectivity index (χ0v) is 19.8. The summed E-state index contributed by atoms with van der Waals surface area (Å²) in [5, 5.41) is 0. The second-order valence-electron chi connectivity index (χ2n) is 7.38. The first-order chi connectivity index (χ1) is 16.0. The fraction of sp³-hybridized carbons (Fsp3) is 0.368. The van der Waals surface area contributed by atoms with Crippen molar-refractivity contribution in [2.75, 3.05) is 6.79 Å². The molecule has 0 fully saturated rings. The van der Waals surface area contributed by atoms with E-state index in [2.05, 4.69) is 8.37 Å². The second kappa shape index (κ2) is 9.50. The number of halogens is 9. The van der Waals surface area contributed by atoms with Gasteiger partial charge in [0.25, 0.3) is 20.2 Å². The third-order valence-electron chi connectivity index (χ3n) is 4.54. The summed E-state index contributed by atoms with van der Waals surface area (Å²) in [4.78, 5) is -3.14. The van der Waals surface area contributed by atoms with Crippen molar-refractivity contribution < 1.29 is 64.7 Å². The van der Waals surface area contributed by atoms with E-state index in [1.807, 2.05) is 0 Å². The van der Waals surface area contributed by atoms with Gasteiger partial charge < -0.3 is 0 Å². The molecule has 0 bridgehead atoms. The number of alkyl halides is 9. The summed E-state index contributed by atoms with van der Waals surface area (Å²) < 4.78 is 177. The van der Waals surface area contributed by atoms with Crippen molar-refractivity contribution in [1.29, 1.82) is 0 Å². The van der Waals surface area contributed by atoms with Crippen LogP contribution in [0.1, 0.15) is 33.4 Å². The number of rotatable bonds is 6. The van der Waals surface area contributed by atoms with E-state index in [0.29, 0.717) is 13.0 Å². The Morgan fingerprint density at radius 3 is 1.39 bits per heavy atom. The highest BCUT2D eigenvalue weighted by Gasteiger charge is 2.43. The third-order valence-corrected chi connectivity index (χ3v) is 7.44. The molecular formula is C19H15F9O6S2. The van der Waals surface area contributed by atoms with Gasteiger partial charge in [0.2, 0.25) is 0 Å². The van der Waals surface area contributed by atoms with Gasteiger partial charge in [-0.3, -0.25) is 0 Å². The highest BCUT2D eigenvalue weighted by molar-refractivity contribution is 7.87. The fourth-order valence-corrected chi connectivity index (χ4v) is 5.68. The van der Waals surface area contributed by atoms with Gasteiger partial charge in [-0.05, 0) is 50.1 Å². The summed E-state index contributed by atoms with van der Waals surface area (Å²) in [6.45, 7) is 0.910. The summed E-state index contributed by atoms with van der Waals surface area (Å²) in [6, 6.07) is 1.13. The Balaban J connectivity index is 2.47. The van der Waals surface area contributed by atoms with E-state index in [0.717, 1.165) is 13.0 Å². The molecule has 202 valence electrons. The van der Waals surface area contributed by atoms with E-state index in [-0.39, 0.29) is 11.6 Å². The van der Waals surface area contributed by atoms with Crippen LogP contribution in [0.3, 0.4) is 0 Å². The molecule has 0 saturated heterocycles. The maximum atomic E-state index is 13.4. The van der Waals surface area contributed by atoms with E-state index in [4.69, 9.17) is 0 Å². The molecule has 6 nitrogen and oxygen atoms in total. The quantitative estimate of drug-likeness (QED) is 0.249. The van der Waals surface area contributed by atoms with Gasteiger partial charge in [0, 0.05) is 0 Å². The number of aryl methyl sites for hydroxylation is 3. The zero-order chi connectivity index (χ0) is 28.1. The van der Waals surface area contributed by atoms with Gasteiger partial charge in [-0.15, -0.1) is 0 Å². The standard InChI is InChI=1S/C19H15F9O6S2/c1-9-4-10(2)15(13(5-9)18(23,24)25)35(29,30)33-8-34-36(31,32)16-11(3)6-12(17(20,21)22)7-14(16)19(26,27)28/h4-7H,8H2,1-3H3. The van der Waals surface area contributed by atoms with Crippen LogP contribution in [0.4, 0.5) is 39.5 Å². The molecule has 0 aromatic heterocycles. The molecule has 0 N–H and O–H groups in total. The molecule has 0 spiro atoms. The summed E-state index contributed by atoms with van der Waals surface area (Å²) in [7, 11) is -11.0. The van der Waals surface area contributed by atoms with Gasteiger partial charge in [0.1, 0.15) is 9.79 Å². The molecule has 0 aliphatic rings. The first-order valence-corrected chi connectivity index (χ1v) is 12.1. The van der Waals surface area contributed by atoms with Crippen molar-refractivity contribution in [3.8, 4) is 0 Å². The minimum atomic E-state index is -5.63. The molecule has 17 heteroatoms. The Kier molecular flexibility index (Phi) is 7.88. The molecule has 36 heavy (non-hydrogen) atoms. The Labute approximate surface area is 198 Å². The average molecular weight is 574 g/mol. The predicted molar refractivity (Wildman–Crippen MR) is 104 cm³/mol. The van der Waals surface area contributed by atoms with Gasteiger partial charge in [0.05, 0.1) is 16.7 Å². The minimum absolute atomic E-state index is 0.0232. The SMILES string of the molecule is Cc1cc(C)c(S(=O)(=O)OCOS(=O)(=O)c2c(C)cc(C(F)(F)F)cc2C(F)(F)F)c(C(F)(F)F)c1.